The number of rotatable bonds is 2. The fourth-order valence-electron chi connectivity index (χ4n) is 5.01. The van der Waals surface area contributed by atoms with Crippen LogP contribution in [0.3, 0.4) is 0 Å². The molecule has 2 nitrogen and oxygen atoms in total. The van der Waals surface area contributed by atoms with Crippen molar-refractivity contribution in [3.8, 4) is 22.4 Å². The number of furan rings is 1. The van der Waals surface area contributed by atoms with Gasteiger partial charge in [-0.2, -0.15) is 0 Å². The highest BCUT2D eigenvalue weighted by Crippen LogP contribution is 2.39. The van der Waals surface area contributed by atoms with Crippen molar-refractivity contribution >= 4 is 43.5 Å². The lowest BCUT2D eigenvalue weighted by Gasteiger charge is -2.13. The summed E-state index contributed by atoms with van der Waals surface area (Å²) in [5.74, 6) is 0. The number of pyridine rings is 1. The average molecular weight is 421 g/mol. The molecule has 0 saturated heterocycles. The molecule has 2 aromatic heterocycles. The minimum absolute atomic E-state index is 0.881. The summed E-state index contributed by atoms with van der Waals surface area (Å²) >= 11 is 0. The highest BCUT2D eigenvalue weighted by molar-refractivity contribution is 6.13. The van der Waals surface area contributed by atoms with Crippen LogP contribution < -0.4 is 0 Å². The maximum absolute atomic E-state index is 6.28. The highest BCUT2D eigenvalue weighted by Gasteiger charge is 2.15. The SMILES string of the molecule is c1ccc2c(-c3ccnc(-c4cccc5c4oc4ccccc45)c3)c3ccccc3cc2c1. The van der Waals surface area contributed by atoms with Gasteiger partial charge in [-0.05, 0) is 63.0 Å². The van der Waals surface area contributed by atoms with E-state index in [0.717, 1.165) is 38.8 Å². The largest absolute Gasteiger partial charge is 0.455 e. The predicted molar refractivity (Wildman–Crippen MR) is 137 cm³/mol. The van der Waals surface area contributed by atoms with Crippen LogP contribution in [0.25, 0.3) is 65.9 Å². The van der Waals surface area contributed by atoms with Gasteiger partial charge in [0, 0.05) is 22.5 Å². The van der Waals surface area contributed by atoms with Crippen LogP contribution in [0.2, 0.25) is 0 Å². The first-order valence-corrected chi connectivity index (χ1v) is 11.1. The highest BCUT2D eigenvalue weighted by atomic mass is 16.3. The average Bonchev–Trinajstić information content (AvgIpc) is 3.26. The minimum Gasteiger partial charge on any atom is -0.455 e. The monoisotopic (exact) mass is 421 g/mol. The second-order valence-corrected chi connectivity index (χ2v) is 8.40. The number of fused-ring (bicyclic) bond motifs is 5. The molecule has 33 heavy (non-hydrogen) atoms. The summed E-state index contributed by atoms with van der Waals surface area (Å²) in [5.41, 5.74) is 6.09. The zero-order valence-corrected chi connectivity index (χ0v) is 17.8. The number of para-hydroxylation sites is 2. The van der Waals surface area contributed by atoms with E-state index in [9.17, 15) is 0 Å². The third-order valence-electron chi connectivity index (χ3n) is 6.50. The number of hydrogen-bond acceptors (Lipinski definition) is 2. The van der Waals surface area contributed by atoms with Crippen LogP contribution in [0, 0.1) is 0 Å². The van der Waals surface area contributed by atoms with Crippen molar-refractivity contribution in [2.75, 3.05) is 0 Å². The van der Waals surface area contributed by atoms with Crippen molar-refractivity contribution < 1.29 is 4.42 Å². The normalized spacial score (nSPS) is 11.6. The molecule has 7 rings (SSSR count). The van der Waals surface area contributed by atoms with Gasteiger partial charge in [0.05, 0.1) is 5.69 Å². The van der Waals surface area contributed by atoms with Gasteiger partial charge in [-0.15, -0.1) is 0 Å². The van der Waals surface area contributed by atoms with Gasteiger partial charge < -0.3 is 4.42 Å². The fraction of sp³-hybridized carbons (Fsp3) is 0. The van der Waals surface area contributed by atoms with E-state index in [2.05, 4.69) is 97.1 Å². The maximum Gasteiger partial charge on any atom is 0.144 e. The summed E-state index contributed by atoms with van der Waals surface area (Å²) in [7, 11) is 0. The van der Waals surface area contributed by atoms with Crippen LogP contribution in [0.15, 0.2) is 120 Å². The third-order valence-corrected chi connectivity index (χ3v) is 6.50. The van der Waals surface area contributed by atoms with Crippen LogP contribution >= 0.6 is 0 Å². The van der Waals surface area contributed by atoms with E-state index in [-0.39, 0.29) is 0 Å². The second kappa shape index (κ2) is 7.04. The molecular weight excluding hydrogens is 402 g/mol. The van der Waals surface area contributed by atoms with E-state index in [1.165, 1.54) is 27.1 Å². The van der Waals surface area contributed by atoms with E-state index < -0.39 is 0 Å². The molecule has 0 bridgehead atoms. The zero-order chi connectivity index (χ0) is 21.8. The Bertz CT molecular complexity index is 1770. The Hall–Kier alpha value is -4.43. The molecule has 0 amide bonds. The summed E-state index contributed by atoms with van der Waals surface area (Å²) < 4.78 is 6.28. The number of benzene rings is 5. The van der Waals surface area contributed by atoms with Crippen molar-refractivity contribution in [2.45, 2.75) is 0 Å². The molecule has 0 radical (unpaired) electrons. The molecule has 5 aromatic carbocycles. The Morgan fingerprint density at radius 2 is 1.21 bits per heavy atom. The second-order valence-electron chi connectivity index (χ2n) is 8.40. The lowest BCUT2D eigenvalue weighted by molar-refractivity contribution is 0.670. The lowest BCUT2D eigenvalue weighted by atomic mass is 9.92. The lowest BCUT2D eigenvalue weighted by Crippen LogP contribution is -1.89. The Balaban J connectivity index is 1.51. The molecule has 0 atom stereocenters. The number of aromatic nitrogens is 1. The molecule has 7 aromatic rings. The van der Waals surface area contributed by atoms with Crippen molar-refractivity contribution in [3.63, 3.8) is 0 Å². The Labute approximate surface area is 190 Å². The predicted octanol–water partition coefficient (Wildman–Crippen LogP) is 8.62. The molecule has 0 N–H and O–H groups in total. The standard InChI is InChI=1S/C31H19NO/c1-3-10-23-20(8-1)18-21-9-2-4-11-24(21)30(23)22-16-17-32-28(19-22)27-14-7-13-26-25-12-5-6-15-29(25)33-31(26)27/h1-19H. The van der Waals surface area contributed by atoms with Gasteiger partial charge in [0.15, 0.2) is 0 Å². The van der Waals surface area contributed by atoms with Crippen LogP contribution in [0.5, 0.6) is 0 Å². The quantitative estimate of drug-likeness (QED) is 0.261. The smallest absolute Gasteiger partial charge is 0.144 e. The molecule has 0 saturated carbocycles. The van der Waals surface area contributed by atoms with Gasteiger partial charge in [-0.3, -0.25) is 4.98 Å². The number of nitrogens with zero attached hydrogens (tertiary/aromatic N) is 1. The van der Waals surface area contributed by atoms with Crippen molar-refractivity contribution in [1.82, 2.24) is 4.98 Å². The van der Waals surface area contributed by atoms with Gasteiger partial charge in [0.2, 0.25) is 0 Å². The van der Waals surface area contributed by atoms with Crippen molar-refractivity contribution in [3.05, 3.63) is 115 Å². The van der Waals surface area contributed by atoms with Gasteiger partial charge >= 0.3 is 0 Å². The Kier molecular flexibility index (Phi) is 3.88. The summed E-state index contributed by atoms with van der Waals surface area (Å²) in [6, 6.07) is 38.2. The van der Waals surface area contributed by atoms with Crippen LogP contribution in [-0.2, 0) is 0 Å². The first-order chi connectivity index (χ1) is 16.4. The van der Waals surface area contributed by atoms with Crippen molar-refractivity contribution in [1.29, 1.82) is 0 Å². The summed E-state index contributed by atoms with van der Waals surface area (Å²) in [6.45, 7) is 0. The first kappa shape index (κ1) is 18.2. The molecule has 0 aliphatic heterocycles. The molecule has 0 unspecified atom stereocenters. The molecule has 0 spiro atoms. The fourth-order valence-corrected chi connectivity index (χ4v) is 5.01. The van der Waals surface area contributed by atoms with Gasteiger partial charge in [0.25, 0.3) is 0 Å². The molecular formula is C31H19NO. The molecule has 2 heteroatoms. The van der Waals surface area contributed by atoms with Gasteiger partial charge in [0.1, 0.15) is 11.2 Å². The molecule has 2 heterocycles. The first-order valence-electron chi connectivity index (χ1n) is 11.1. The van der Waals surface area contributed by atoms with Crippen LogP contribution in [0.1, 0.15) is 0 Å². The van der Waals surface area contributed by atoms with E-state index in [0.29, 0.717) is 0 Å². The van der Waals surface area contributed by atoms with E-state index in [4.69, 9.17) is 9.40 Å². The topological polar surface area (TPSA) is 26.0 Å². The van der Waals surface area contributed by atoms with Gasteiger partial charge in [-0.1, -0.05) is 78.9 Å². The van der Waals surface area contributed by atoms with E-state index in [1.807, 2.05) is 18.3 Å². The third kappa shape index (κ3) is 2.78. The molecule has 154 valence electrons. The van der Waals surface area contributed by atoms with Crippen LogP contribution in [0.4, 0.5) is 0 Å². The number of hydrogen-bond donors (Lipinski definition) is 0. The Morgan fingerprint density at radius 1 is 0.545 bits per heavy atom. The summed E-state index contributed by atoms with van der Waals surface area (Å²) in [4.78, 5) is 4.76. The molecule has 0 aliphatic rings. The maximum atomic E-state index is 6.28. The summed E-state index contributed by atoms with van der Waals surface area (Å²) in [6.07, 6.45) is 1.91. The zero-order valence-electron chi connectivity index (χ0n) is 17.8. The van der Waals surface area contributed by atoms with Gasteiger partial charge in [-0.25, -0.2) is 0 Å². The minimum atomic E-state index is 0.881. The Morgan fingerprint density at radius 3 is 2.00 bits per heavy atom. The molecule has 0 fully saturated rings. The molecule has 0 aliphatic carbocycles. The summed E-state index contributed by atoms with van der Waals surface area (Å²) in [5, 5.41) is 7.22. The van der Waals surface area contributed by atoms with E-state index >= 15 is 0 Å². The van der Waals surface area contributed by atoms with Crippen LogP contribution in [-0.4, -0.2) is 4.98 Å². The van der Waals surface area contributed by atoms with Crippen molar-refractivity contribution in [2.24, 2.45) is 0 Å². The van der Waals surface area contributed by atoms with E-state index in [1.54, 1.807) is 0 Å².